The molecule has 4 nitrogen and oxygen atoms in total. The third-order valence-electron chi connectivity index (χ3n) is 5.70. The van der Waals surface area contributed by atoms with E-state index in [1.165, 1.54) is 12.1 Å². The number of hydrogen-bond acceptors (Lipinski definition) is 3. The molecule has 0 N–H and O–H groups in total. The first-order chi connectivity index (χ1) is 13.9. The smallest absolute Gasteiger partial charge is 0.410 e. The Morgan fingerprint density at radius 2 is 1.73 bits per heavy atom. The second-order valence-electron chi connectivity index (χ2n) is 9.04. The maximum Gasteiger partial charge on any atom is 0.410 e. The molecule has 0 unspecified atom stereocenters. The molecule has 0 radical (unpaired) electrons. The summed E-state index contributed by atoms with van der Waals surface area (Å²) in [5.41, 5.74) is -0.861. The fraction of sp³-hybridized carbons (Fsp3) is 0.667. The Bertz CT molecular complexity index is 792. The van der Waals surface area contributed by atoms with E-state index in [1.54, 1.807) is 30.6 Å². The lowest BCUT2D eigenvalue weighted by Gasteiger charge is -2.44. The van der Waals surface area contributed by atoms with E-state index in [0.717, 1.165) is 0 Å². The SMILES string of the molecule is CC(C)(C)OC(=O)N1CCC(N2CC[C@@H](c3ccc(Br)c(F)c3F)C(F)(F)C2)CC1. The Labute approximate surface area is 182 Å². The van der Waals surface area contributed by atoms with Gasteiger partial charge in [0.15, 0.2) is 11.6 Å². The van der Waals surface area contributed by atoms with Crippen molar-refractivity contribution >= 4 is 22.0 Å². The number of nitrogens with zero attached hydrogens (tertiary/aromatic N) is 2. The molecule has 1 aromatic carbocycles. The molecular formula is C21H27BrF4N2O2. The van der Waals surface area contributed by atoms with Crippen LogP contribution in [0.2, 0.25) is 0 Å². The van der Waals surface area contributed by atoms with E-state index < -0.39 is 41.7 Å². The molecule has 2 aliphatic heterocycles. The molecule has 0 aromatic heterocycles. The second-order valence-corrected chi connectivity index (χ2v) is 9.89. The zero-order valence-electron chi connectivity index (χ0n) is 17.4. The van der Waals surface area contributed by atoms with Gasteiger partial charge in [0.05, 0.1) is 16.9 Å². The largest absolute Gasteiger partial charge is 0.444 e. The van der Waals surface area contributed by atoms with Crippen LogP contribution in [0.3, 0.4) is 0 Å². The van der Waals surface area contributed by atoms with Crippen LogP contribution in [-0.2, 0) is 4.74 Å². The van der Waals surface area contributed by atoms with Gasteiger partial charge in [0.1, 0.15) is 5.60 Å². The molecule has 2 saturated heterocycles. The maximum atomic E-state index is 14.9. The highest BCUT2D eigenvalue weighted by atomic mass is 79.9. The minimum absolute atomic E-state index is 0.0390. The van der Waals surface area contributed by atoms with Crippen LogP contribution in [0.4, 0.5) is 22.4 Å². The Morgan fingerprint density at radius 3 is 2.30 bits per heavy atom. The van der Waals surface area contributed by atoms with Crippen LogP contribution in [0.5, 0.6) is 0 Å². The molecule has 9 heteroatoms. The summed E-state index contributed by atoms with van der Waals surface area (Å²) in [7, 11) is 0. The molecular weight excluding hydrogens is 468 g/mol. The van der Waals surface area contributed by atoms with Crippen molar-refractivity contribution in [2.45, 2.75) is 63.5 Å². The lowest BCUT2D eigenvalue weighted by Crippen LogP contribution is -2.54. The number of rotatable bonds is 2. The highest BCUT2D eigenvalue weighted by Crippen LogP contribution is 2.43. The normalized spacial score (nSPS) is 23.5. The molecule has 3 rings (SSSR count). The number of piperidine rings is 2. The van der Waals surface area contributed by atoms with Crippen LogP contribution in [0.15, 0.2) is 16.6 Å². The van der Waals surface area contributed by atoms with Crippen molar-refractivity contribution in [1.82, 2.24) is 9.80 Å². The molecule has 2 aliphatic rings. The number of likely N-dealkylation sites (tertiary alicyclic amines) is 2. The molecule has 2 fully saturated rings. The summed E-state index contributed by atoms with van der Waals surface area (Å²) in [5, 5.41) is 0. The number of carbonyl (C=O) groups excluding carboxylic acids is 1. The maximum absolute atomic E-state index is 14.9. The first-order valence-electron chi connectivity index (χ1n) is 10.1. The second kappa shape index (κ2) is 8.65. The van der Waals surface area contributed by atoms with Crippen molar-refractivity contribution < 1.29 is 27.1 Å². The van der Waals surface area contributed by atoms with Gasteiger partial charge in [0, 0.05) is 24.7 Å². The predicted molar refractivity (Wildman–Crippen MR) is 109 cm³/mol. The lowest BCUT2D eigenvalue weighted by molar-refractivity contribution is -0.0984. The fourth-order valence-electron chi connectivity index (χ4n) is 4.21. The van der Waals surface area contributed by atoms with Crippen LogP contribution in [-0.4, -0.2) is 59.6 Å². The summed E-state index contributed by atoms with van der Waals surface area (Å²) in [4.78, 5) is 15.5. The van der Waals surface area contributed by atoms with Crippen molar-refractivity contribution in [2.24, 2.45) is 0 Å². The van der Waals surface area contributed by atoms with Gasteiger partial charge in [-0.3, -0.25) is 4.90 Å². The molecule has 0 spiro atoms. The van der Waals surface area contributed by atoms with E-state index in [9.17, 15) is 22.4 Å². The van der Waals surface area contributed by atoms with Gasteiger partial charge in [0.2, 0.25) is 0 Å². The summed E-state index contributed by atoms with van der Waals surface area (Å²) in [6, 6.07) is 2.42. The van der Waals surface area contributed by atoms with Gasteiger partial charge in [-0.05, 0) is 68.6 Å². The Balaban J connectivity index is 1.62. The highest BCUT2D eigenvalue weighted by Gasteiger charge is 2.48. The van der Waals surface area contributed by atoms with Crippen LogP contribution in [0.25, 0.3) is 0 Å². The average Bonchev–Trinajstić information content (AvgIpc) is 2.65. The minimum atomic E-state index is -3.18. The summed E-state index contributed by atoms with van der Waals surface area (Å²) >= 11 is 2.88. The number of benzene rings is 1. The molecule has 2 heterocycles. The predicted octanol–water partition coefficient (Wildman–Crippen LogP) is 5.55. The van der Waals surface area contributed by atoms with Gasteiger partial charge in [-0.2, -0.15) is 0 Å². The minimum Gasteiger partial charge on any atom is -0.444 e. The molecule has 1 amide bonds. The Hall–Kier alpha value is -1.35. The first kappa shape index (κ1) is 23.3. The van der Waals surface area contributed by atoms with E-state index >= 15 is 0 Å². The number of amides is 1. The van der Waals surface area contributed by atoms with E-state index in [-0.39, 0.29) is 22.5 Å². The van der Waals surface area contributed by atoms with Crippen LogP contribution in [0.1, 0.15) is 51.5 Å². The molecule has 168 valence electrons. The van der Waals surface area contributed by atoms with Gasteiger partial charge < -0.3 is 9.64 Å². The quantitative estimate of drug-likeness (QED) is 0.399. The average molecular weight is 495 g/mol. The van der Waals surface area contributed by atoms with Crippen molar-refractivity contribution in [2.75, 3.05) is 26.2 Å². The number of hydrogen-bond donors (Lipinski definition) is 0. The van der Waals surface area contributed by atoms with Gasteiger partial charge in [-0.25, -0.2) is 22.4 Å². The summed E-state index contributed by atoms with van der Waals surface area (Å²) < 4.78 is 63.3. The standard InChI is InChI=1S/C21H27BrF4N2O2/c1-20(2,3)30-19(29)27-9-6-13(7-10-27)28-11-8-15(21(25,26)12-28)14-4-5-16(22)18(24)17(14)23/h4-5,13,15H,6-12H2,1-3H3/t15-/m0/s1. The lowest BCUT2D eigenvalue weighted by atomic mass is 9.84. The van der Waals surface area contributed by atoms with Gasteiger partial charge in [-0.15, -0.1) is 0 Å². The molecule has 1 aromatic rings. The van der Waals surface area contributed by atoms with Crippen molar-refractivity contribution in [3.63, 3.8) is 0 Å². The molecule has 0 saturated carbocycles. The van der Waals surface area contributed by atoms with Crippen molar-refractivity contribution in [3.8, 4) is 0 Å². The summed E-state index contributed by atoms with van der Waals surface area (Å²) in [6.45, 7) is 6.13. The van der Waals surface area contributed by atoms with Crippen LogP contribution < -0.4 is 0 Å². The number of halogens is 5. The molecule has 30 heavy (non-hydrogen) atoms. The third-order valence-corrected chi connectivity index (χ3v) is 6.31. The van der Waals surface area contributed by atoms with Crippen LogP contribution >= 0.6 is 15.9 Å². The highest BCUT2D eigenvalue weighted by molar-refractivity contribution is 9.10. The number of ether oxygens (including phenoxy) is 1. The van der Waals surface area contributed by atoms with Crippen molar-refractivity contribution in [3.05, 3.63) is 33.8 Å². The van der Waals surface area contributed by atoms with Gasteiger partial charge in [0.25, 0.3) is 5.92 Å². The number of alkyl halides is 2. The van der Waals surface area contributed by atoms with Crippen molar-refractivity contribution in [1.29, 1.82) is 0 Å². The topological polar surface area (TPSA) is 32.8 Å². The summed E-state index contributed by atoms with van der Waals surface area (Å²) in [6.07, 6.45) is 0.789. The Morgan fingerprint density at radius 1 is 1.10 bits per heavy atom. The number of carbonyl (C=O) groups is 1. The zero-order chi connectivity index (χ0) is 22.3. The van der Waals surface area contributed by atoms with Gasteiger partial charge >= 0.3 is 6.09 Å². The molecule has 0 aliphatic carbocycles. The molecule has 0 bridgehead atoms. The zero-order valence-corrected chi connectivity index (χ0v) is 18.9. The van der Waals surface area contributed by atoms with Gasteiger partial charge in [-0.1, -0.05) is 6.07 Å². The first-order valence-corrected chi connectivity index (χ1v) is 10.9. The van der Waals surface area contributed by atoms with Crippen LogP contribution in [0, 0.1) is 11.6 Å². The van der Waals surface area contributed by atoms with E-state index in [1.807, 2.05) is 0 Å². The monoisotopic (exact) mass is 494 g/mol. The van der Waals surface area contributed by atoms with E-state index in [0.29, 0.717) is 32.5 Å². The fourth-order valence-corrected chi connectivity index (χ4v) is 4.52. The third kappa shape index (κ3) is 5.10. The summed E-state index contributed by atoms with van der Waals surface area (Å²) in [5.74, 6) is -6.90. The van der Waals surface area contributed by atoms with E-state index in [4.69, 9.17) is 4.74 Å². The van der Waals surface area contributed by atoms with E-state index in [2.05, 4.69) is 15.9 Å². The molecule has 1 atom stereocenters. The Kier molecular flexibility index (Phi) is 6.72.